The number of fused-ring (bicyclic) bond motifs is 3. The standard InChI is InChI=1S/C25H27FN8O3/c26-18-4-3-17(36-13-11-35)14-20(18)32-8-5-31(6-9-32)7-10-33-16-28-23-21-15-19(22-2-1-12-37-22)30-34(21)25(27)29-24(23)33/h1-4,12,14-16,35H,5-11,13H2,(H2,27,29). The molecule has 3 N–H and O–H groups in total. The molecule has 0 aliphatic carbocycles. The van der Waals surface area contributed by atoms with E-state index in [2.05, 4.69) is 20.0 Å². The predicted octanol–water partition coefficient (Wildman–Crippen LogP) is 2.25. The van der Waals surface area contributed by atoms with E-state index in [0.29, 0.717) is 48.2 Å². The summed E-state index contributed by atoms with van der Waals surface area (Å²) in [5.74, 6) is 1.21. The minimum atomic E-state index is -0.278. The van der Waals surface area contributed by atoms with Gasteiger partial charge in [-0.1, -0.05) is 0 Å². The van der Waals surface area contributed by atoms with E-state index in [1.54, 1.807) is 29.2 Å². The zero-order chi connectivity index (χ0) is 25.4. The number of aliphatic hydroxyl groups is 1. The number of imidazole rings is 1. The summed E-state index contributed by atoms with van der Waals surface area (Å²) < 4.78 is 29.0. The Labute approximate surface area is 211 Å². The fourth-order valence-electron chi connectivity index (χ4n) is 4.71. The number of hydrogen-bond acceptors (Lipinski definition) is 9. The second-order valence-corrected chi connectivity index (χ2v) is 8.90. The van der Waals surface area contributed by atoms with Crippen LogP contribution in [0.15, 0.2) is 53.4 Å². The normalized spacial score (nSPS) is 14.7. The lowest BCUT2D eigenvalue weighted by molar-refractivity contribution is 0.201. The van der Waals surface area contributed by atoms with Crippen molar-refractivity contribution in [2.24, 2.45) is 0 Å². The summed E-state index contributed by atoms with van der Waals surface area (Å²) in [6.07, 6.45) is 3.38. The Kier molecular flexibility index (Phi) is 6.10. The molecule has 11 nitrogen and oxygen atoms in total. The largest absolute Gasteiger partial charge is 0.491 e. The molecular weight excluding hydrogens is 479 g/mol. The number of aromatic nitrogens is 5. The molecule has 6 rings (SSSR count). The number of nitrogens with zero attached hydrogens (tertiary/aromatic N) is 7. The Balaban J connectivity index is 1.13. The van der Waals surface area contributed by atoms with Gasteiger partial charge in [0.15, 0.2) is 11.4 Å². The molecular formula is C25H27FN8O3. The van der Waals surface area contributed by atoms with Gasteiger partial charge in [0.05, 0.1) is 24.9 Å². The molecule has 1 saturated heterocycles. The van der Waals surface area contributed by atoms with Crippen LogP contribution in [-0.4, -0.2) is 80.1 Å². The van der Waals surface area contributed by atoms with Gasteiger partial charge in [-0.15, -0.1) is 0 Å². The number of hydrogen-bond donors (Lipinski definition) is 2. The lowest BCUT2D eigenvalue weighted by atomic mass is 10.2. The van der Waals surface area contributed by atoms with Gasteiger partial charge in [-0.25, -0.2) is 9.37 Å². The van der Waals surface area contributed by atoms with Gasteiger partial charge in [-0.2, -0.15) is 14.6 Å². The molecule has 1 aromatic carbocycles. The van der Waals surface area contributed by atoms with Crippen molar-refractivity contribution in [3.8, 4) is 17.2 Å². The Morgan fingerprint density at radius 1 is 1.11 bits per heavy atom. The summed E-state index contributed by atoms with van der Waals surface area (Å²) in [5.41, 5.74) is 9.62. The van der Waals surface area contributed by atoms with Crippen molar-refractivity contribution in [3.63, 3.8) is 0 Å². The number of piperazine rings is 1. The third-order valence-electron chi connectivity index (χ3n) is 6.62. The molecule has 0 saturated carbocycles. The Morgan fingerprint density at radius 3 is 2.76 bits per heavy atom. The monoisotopic (exact) mass is 506 g/mol. The van der Waals surface area contributed by atoms with E-state index in [1.165, 1.54) is 6.07 Å². The van der Waals surface area contributed by atoms with E-state index < -0.39 is 0 Å². The van der Waals surface area contributed by atoms with Crippen molar-refractivity contribution in [1.82, 2.24) is 29.0 Å². The van der Waals surface area contributed by atoms with Crippen LogP contribution in [0, 0.1) is 5.82 Å². The van der Waals surface area contributed by atoms with Crippen molar-refractivity contribution >= 4 is 28.3 Å². The van der Waals surface area contributed by atoms with Gasteiger partial charge in [0, 0.05) is 45.3 Å². The number of aliphatic hydroxyl groups excluding tert-OH is 1. The number of nitrogens with two attached hydrogens (primary N) is 1. The topological polar surface area (TPSA) is 123 Å². The van der Waals surface area contributed by atoms with Gasteiger partial charge in [-0.3, -0.25) is 4.90 Å². The number of rotatable bonds is 8. The Morgan fingerprint density at radius 2 is 1.97 bits per heavy atom. The Hall–Kier alpha value is -4.16. The molecule has 5 heterocycles. The van der Waals surface area contributed by atoms with Crippen molar-refractivity contribution in [1.29, 1.82) is 0 Å². The van der Waals surface area contributed by atoms with Crippen molar-refractivity contribution in [3.05, 3.63) is 54.8 Å². The summed E-state index contributed by atoms with van der Waals surface area (Å²) in [7, 11) is 0. The second kappa shape index (κ2) is 9.71. The number of anilines is 2. The van der Waals surface area contributed by atoms with Crippen molar-refractivity contribution < 1.29 is 18.7 Å². The van der Waals surface area contributed by atoms with Crippen molar-refractivity contribution in [2.75, 3.05) is 56.6 Å². The van der Waals surface area contributed by atoms with Gasteiger partial charge >= 0.3 is 0 Å². The molecule has 4 aromatic heterocycles. The zero-order valence-corrected chi connectivity index (χ0v) is 20.1. The summed E-state index contributed by atoms with van der Waals surface area (Å²) in [6, 6.07) is 10.2. The smallest absolute Gasteiger partial charge is 0.223 e. The highest BCUT2D eigenvalue weighted by atomic mass is 19.1. The van der Waals surface area contributed by atoms with Crippen LogP contribution in [0.4, 0.5) is 16.0 Å². The maximum absolute atomic E-state index is 14.5. The predicted molar refractivity (Wildman–Crippen MR) is 136 cm³/mol. The fraction of sp³-hybridized carbons (Fsp3) is 0.320. The molecule has 37 heavy (non-hydrogen) atoms. The van der Waals surface area contributed by atoms with Crippen LogP contribution in [0.3, 0.4) is 0 Å². The fourth-order valence-corrected chi connectivity index (χ4v) is 4.71. The van der Waals surface area contributed by atoms with Crippen LogP contribution in [0.25, 0.3) is 28.1 Å². The maximum atomic E-state index is 14.5. The van der Waals surface area contributed by atoms with Gasteiger partial charge in [0.2, 0.25) is 5.95 Å². The van der Waals surface area contributed by atoms with Crippen LogP contribution in [-0.2, 0) is 6.54 Å². The quantitative estimate of drug-likeness (QED) is 0.326. The van der Waals surface area contributed by atoms with E-state index in [1.807, 2.05) is 27.7 Å². The Bertz CT molecular complexity index is 1520. The van der Waals surface area contributed by atoms with Gasteiger partial charge in [0.1, 0.15) is 34.9 Å². The minimum absolute atomic E-state index is 0.0843. The van der Waals surface area contributed by atoms with E-state index in [4.69, 9.17) is 20.0 Å². The molecule has 5 aromatic rings. The first-order chi connectivity index (χ1) is 18.1. The third kappa shape index (κ3) is 4.45. The molecule has 0 spiro atoms. The van der Waals surface area contributed by atoms with Crippen LogP contribution in [0.1, 0.15) is 0 Å². The first kappa shape index (κ1) is 23.3. The molecule has 0 amide bonds. The van der Waals surface area contributed by atoms with Crippen LogP contribution in [0.5, 0.6) is 5.75 Å². The van der Waals surface area contributed by atoms with Gasteiger partial charge < -0.3 is 29.5 Å². The molecule has 0 atom stereocenters. The average Bonchev–Trinajstić information content (AvgIpc) is 3.67. The van der Waals surface area contributed by atoms with Gasteiger partial charge in [0.25, 0.3) is 0 Å². The van der Waals surface area contributed by atoms with Crippen LogP contribution >= 0.6 is 0 Å². The second-order valence-electron chi connectivity index (χ2n) is 8.90. The summed E-state index contributed by atoms with van der Waals surface area (Å²) >= 11 is 0. The number of halogens is 1. The molecule has 0 radical (unpaired) electrons. The first-order valence-corrected chi connectivity index (χ1v) is 12.1. The molecule has 192 valence electrons. The molecule has 0 bridgehead atoms. The number of benzene rings is 1. The van der Waals surface area contributed by atoms with E-state index >= 15 is 0 Å². The molecule has 12 heteroatoms. The summed E-state index contributed by atoms with van der Waals surface area (Å²) in [6.45, 7) is 4.57. The summed E-state index contributed by atoms with van der Waals surface area (Å²) in [5, 5.41) is 13.5. The minimum Gasteiger partial charge on any atom is -0.491 e. The molecule has 1 aliphatic rings. The number of ether oxygens (including phenoxy) is 1. The van der Waals surface area contributed by atoms with Crippen LogP contribution in [0.2, 0.25) is 0 Å². The highest BCUT2D eigenvalue weighted by Gasteiger charge is 2.21. The zero-order valence-electron chi connectivity index (χ0n) is 20.1. The molecule has 1 fully saturated rings. The number of nitrogen functional groups attached to an aromatic ring is 1. The third-order valence-corrected chi connectivity index (χ3v) is 6.62. The summed E-state index contributed by atoms with van der Waals surface area (Å²) in [4.78, 5) is 13.5. The van der Waals surface area contributed by atoms with Crippen molar-refractivity contribution in [2.45, 2.75) is 6.54 Å². The van der Waals surface area contributed by atoms with E-state index in [9.17, 15) is 4.39 Å². The highest BCUT2D eigenvalue weighted by molar-refractivity contribution is 5.90. The molecule has 1 aliphatic heterocycles. The van der Waals surface area contributed by atoms with E-state index in [-0.39, 0.29) is 25.0 Å². The number of furan rings is 1. The van der Waals surface area contributed by atoms with E-state index in [0.717, 1.165) is 30.7 Å². The lowest BCUT2D eigenvalue weighted by Crippen LogP contribution is -2.47. The van der Waals surface area contributed by atoms with Crippen LogP contribution < -0.4 is 15.4 Å². The lowest BCUT2D eigenvalue weighted by Gasteiger charge is -2.36. The SMILES string of the molecule is Nc1nc2c(ncn2CCN2CCN(c3cc(OCCO)ccc3F)CC2)c2cc(-c3ccco3)nn12. The van der Waals surface area contributed by atoms with Gasteiger partial charge in [-0.05, 0) is 30.3 Å². The first-order valence-electron chi connectivity index (χ1n) is 12.1. The molecule has 0 unspecified atom stereocenters. The average molecular weight is 507 g/mol. The highest BCUT2D eigenvalue weighted by Crippen LogP contribution is 2.27. The maximum Gasteiger partial charge on any atom is 0.223 e.